The van der Waals surface area contributed by atoms with Crippen LogP contribution in [0.4, 0.5) is 4.39 Å². The van der Waals surface area contributed by atoms with Gasteiger partial charge in [0.25, 0.3) is 0 Å². The second-order valence-corrected chi connectivity index (χ2v) is 7.61. The first-order chi connectivity index (χ1) is 10.6. The van der Waals surface area contributed by atoms with Crippen LogP contribution in [-0.4, -0.2) is 43.2 Å². The Morgan fingerprint density at radius 3 is 2.77 bits per heavy atom. The third-order valence-electron chi connectivity index (χ3n) is 5.26. The number of benzene rings is 1. The summed E-state index contributed by atoms with van der Waals surface area (Å²) in [4.78, 5) is 15.0. The van der Waals surface area contributed by atoms with Gasteiger partial charge >= 0.3 is 0 Å². The van der Waals surface area contributed by atoms with Crippen molar-refractivity contribution in [1.82, 2.24) is 10.2 Å². The van der Waals surface area contributed by atoms with E-state index in [4.69, 9.17) is 0 Å². The zero-order valence-corrected chi connectivity index (χ0v) is 14.9. The fourth-order valence-corrected chi connectivity index (χ4v) is 4.52. The van der Waals surface area contributed by atoms with Gasteiger partial charge in [-0.05, 0) is 72.5 Å². The Hall–Kier alpha value is -0.690. The van der Waals surface area contributed by atoms with Gasteiger partial charge in [0.05, 0.1) is 5.92 Å². The number of amides is 1. The Labute approximate surface area is 144 Å². The predicted molar refractivity (Wildman–Crippen MR) is 93.6 cm³/mol. The third-order valence-corrected chi connectivity index (χ3v) is 5.98. The van der Waals surface area contributed by atoms with Gasteiger partial charge in [-0.3, -0.25) is 9.69 Å². The van der Waals surface area contributed by atoms with Crippen LogP contribution in [0.15, 0.2) is 24.3 Å². The van der Waals surface area contributed by atoms with Gasteiger partial charge in [-0.2, -0.15) is 0 Å². The summed E-state index contributed by atoms with van der Waals surface area (Å²) in [6.45, 7) is -0.385. The van der Waals surface area contributed by atoms with E-state index < -0.39 is 6.67 Å². The van der Waals surface area contributed by atoms with Crippen molar-refractivity contribution in [1.29, 1.82) is 0 Å². The number of alkyl halides is 1. The van der Waals surface area contributed by atoms with Crippen LogP contribution in [0.2, 0.25) is 0 Å². The van der Waals surface area contributed by atoms with Crippen LogP contribution in [-0.2, 0) is 4.79 Å². The van der Waals surface area contributed by atoms with E-state index in [1.54, 1.807) is 0 Å². The van der Waals surface area contributed by atoms with Crippen molar-refractivity contribution in [3.8, 4) is 0 Å². The number of fused-ring (bicyclic) bond motifs is 2. The minimum absolute atomic E-state index is 0.0124. The maximum Gasteiger partial charge on any atom is 0.225 e. The van der Waals surface area contributed by atoms with Gasteiger partial charge in [0.1, 0.15) is 6.67 Å². The van der Waals surface area contributed by atoms with E-state index in [2.05, 4.69) is 64.1 Å². The van der Waals surface area contributed by atoms with Crippen molar-refractivity contribution in [2.45, 2.75) is 37.3 Å². The highest BCUT2D eigenvalue weighted by atomic mass is 127. The first-order valence-electron chi connectivity index (χ1n) is 7.93. The number of hydrogen-bond donors (Lipinski definition) is 1. The van der Waals surface area contributed by atoms with Crippen molar-refractivity contribution in [3.63, 3.8) is 0 Å². The molecule has 1 N–H and O–H groups in total. The molecule has 2 heterocycles. The molecule has 1 aromatic carbocycles. The Kier molecular flexibility index (Phi) is 5.02. The lowest BCUT2D eigenvalue weighted by Crippen LogP contribution is -2.51. The molecule has 0 spiro atoms. The molecule has 5 heteroatoms. The molecule has 4 atom stereocenters. The molecule has 3 nitrogen and oxygen atoms in total. The summed E-state index contributed by atoms with van der Waals surface area (Å²) in [6.07, 6.45) is 3.24. The second kappa shape index (κ2) is 6.83. The Balaban J connectivity index is 1.88. The molecule has 3 rings (SSSR count). The van der Waals surface area contributed by atoms with E-state index >= 15 is 0 Å². The molecule has 1 amide bonds. The smallest absolute Gasteiger partial charge is 0.225 e. The van der Waals surface area contributed by atoms with Gasteiger partial charge in [0.15, 0.2) is 0 Å². The van der Waals surface area contributed by atoms with Crippen LogP contribution >= 0.6 is 22.6 Å². The number of nitrogens with one attached hydrogen (secondary N) is 1. The summed E-state index contributed by atoms with van der Waals surface area (Å²) < 4.78 is 13.6. The summed E-state index contributed by atoms with van der Waals surface area (Å²) in [5.74, 6) is 0.180. The van der Waals surface area contributed by atoms with E-state index in [1.807, 2.05) is 0 Å². The number of nitrogens with zero attached hydrogens (tertiary/aromatic N) is 1. The summed E-state index contributed by atoms with van der Waals surface area (Å²) in [6, 6.07) is 9.35. The van der Waals surface area contributed by atoms with Gasteiger partial charge in [0.2, 0.25) is 5.91 Å². The lowest BCUT2D eigenvalue weighted by atomic mass is 9.75. The van der Waals surface area contributed by atoms with E-state index in [1.165, 1.54) is 9.13 Å². The van der Waals surface area contributed by atoms with Gasteiger partial charge in [-0.1, -0.05) is 12.1 Å². The molecule has 0 aromatic heterocycles. The van der Waals surface area contributed by atoms with Crippen molar-refractivity contribution in [3.05, 3.63) is 33.4 Å². The molecule has 2 aliphatic rings. The average Bonchev–Trinajstić information content (AvgIpc) is 2.75. The monoisotopic (exact) mass is 416 g/mol. The molecule has 120 valence electrons. The largest absolute Gasteiger partial charge is 0.353 e. The van der Waals surface area contributed by atoms with E-state index in [0.717, 1.165) is 19.3 Å². The van der Waals surface area contributed by atoms with Crippen molar-refractivity contribution in [2.24, 2.45) is 5.92 Å². The predicted octanol–water partition coefficient (Wildman–Crippen LogP) is 2.94. The molecule has 0 radical (unpaired) electrons. The first-order valence-corrected chi connectivity index (χ1v) is 9.00. The Morgan fingerprint density at radius 1 is 1.36 bits per heavy atom. The van der Waals surface area contributed by atoms with E-state index in [9.17, 15) is 9.18 Å². The molecule has 2 unspecified atom stereocenters. The number of hydrogen-bond acceptors (Lipinski definition) is 2. The SMILES string of the molecule is CN1C2CCC1[C@@H](C(=O)NCCF)[C@@H](c1ccc(I)cc1)C2. The lowest BCUT2D eigenvalue weighted by molar-refractivity contribution is -0.129. The third kappa shape index (κ3) is 3.02. The topological polar surface area (TPSA) is 32.3 Å². The first kappa shape index (κ1) is 16.2. The van der Waals surface area contributed by atoms with Crippen LogP contribution in [0.1, 0.15) is 30.7 Å². The number of piperidine rings is 1. The highest BCUT2D eigenvalue weighted by Crippen LogP contribution is 2.46. The summed E-state index contributed by atoms with van der Waals surface area (Å²) >= 11 is 2.30. The van der Waals surface area contributed by atoms with E-state index in [-0.39, 0.29) is 30.3 Å². The summed E-state index contributed by atoms with van der Waals surface area (Å²) in [5.41, 5.74) is 1.24. The van der Waals surface area contributed by atoms with Crippen LogP contribution in [0.3, 0.4) is 0 Å². The minimum atomic E-state index is -0.504. The molecule has 2 saturated heterocycles. The molecule has 2 bridgehead atoms. The van der Waals surface area contributed by atoms with Crippen LogP contribution < -0.4 is 5.32 Å². The van der Waals surface area contributed by atoms with Crippen molar-refractivity contribution < 1.29 is 9.18 Å². The molecular formula is C17H22FIN2O. The van der Waals surface area contributed by atoms with Crippen LogP contribution in [0, 0.1) is 9.49 Å². The normalized spacial score (nSPS) is 31.2. The fourth-order valence-electron chi connectivity index (χ4n) is 4.17. The summed E-state index contributed by atoms with van der Waals surface area (Å²) in [5, 5.41) is 2.77. The number of rotatable bonds is 4. The fraction of sp³-hybridized carbons (Fsp3) is 0.588. The average molecular weight is 416 g/mol. The zero-order valence-electron chi connectivity index (χ0n) is 12.8. The number of carbonyl (C=O) groups excluding carboxylic acids is 1. The highest BCUT2D eigenvalue weighted by molar-refractivity contribution is 14.1. The molecular weight excluding hydrogens is 394 g/mol. The molecule has 1 aromatic rings. The van der Waals surface area contributed by atoms with Crippen LogP contribution in [0.25, 0.3) is 0 Å². The Morgan fingerprint density at radius 2 is 2.09 bits per heavy atom. The summed E-state index contributed by atoms with van der Waals surface area (Å²) in [7, 11) is 2.13. The maximum atomic E-state index is 12.6. The molecule has 0 aliphatic carbocycles. The molecule has 2 aliphatic heterocycles. The minimum Gasteiger partial charge on any atom is -0.353 e. The standard InChI is InChI=1S/C17H22FIN2O/c1-21-13-6-7-15(21)16(17(22)20-9-8-18)14(10-13)11-2-4-12(19)5-3-11/h2-5,13-16H,6-10H2,1H3,(H,20,22)/t13?,14-,15?,16+/m1/s1. The molecule has 2 fully saturated rings. The van der Waals surface area contributed by atoms with Crippen molar-refractivity contribution >= 4 is 28.5 Å². The number of halogens is 2. The molecule has 0 saturated carbocycles. The van der Waals surface area contributed by atoms with Gasteiger partial charge in [-0.15, -0.1) is 0 Å². The van der Waals surface area contributed by atoms with Gasteiger partial charge in [-0.25, -0.2) is 4.39 Å². The van der Waals surface area contributed by atoms with E-state index in [0.29, 0.717) is 6.04 Å². The Bertz CT molecular complexity index is 536. The van der Waals surface area contributed by atoms with Gasteiger partial charge < -0.3 is 5.32 Å². The number of carbonyl (C=O) groups is 1. The second-order valence-electron chi connectivity index (χ2n) is 6.36. The zero-order chi connectivity index (χ0) is 15.7. The van der Waals surface area contributed by atoms with Crippen molar-refractivity contribution in [2.75, 3.05) is 20.3 Å². The maximum absolute atomic E-state index is 12.6. The molecule has 22 heavy (non-hydrogen) atoms. The quantitative estimate of drug-likeness (QED) is 0.766. The lowest BCUT2D eigenvalue weighted by Gasteiger charge is -2.42. The highest BCUT2D eigenvalue weighted by Gasteiger charge is 2.48. The van der Waals surface area contributed by atoms with Crippen LogP contribution in [0.5, 0.6) is 0 Å². The van der Waals surface area contributed by atoms with Gasteiger partial charge in [0, 0.05) is 22.2 Å².